The van der Waals surface area contributed by atoms with Crippen LogP contribution in [0.1, 0.15) is 46.5 Å². The Morgan fingerprint density at radius 1 is 1.29 bits per heavy atom. The zero-order valence-electron chi connectivity index (χ0n) is 12.0. The zero-order chi connectivity index (χ0) is 12.7. The second-order valence-electron chi connectivity index (χ2n) is 5.45. The molecule has 0 aliphatic carbocycles. The summed E-state index contributed by atoms with van der Waals surface area (Å²) in [5.74, 6) is 0. The topological polar surface area (TPSA) is 15.3 Å². The van der Waals surface area contributed by atoms with E-state index >= 15 is 0 Å². The van der Waals surface area contributed by atoms with E-state index in [0.29, 0.717) is 6.04 Å². The lowest BCUT2D eigenvalue weighted by Gasteiger charge is -2.30. The lowest BCUT2D eigenvalue weighted by Crippen LogP contribution is -2.44. The van der Waals surface area contributed by atoms with Gasteiger partial charge in [-0.3, -0.25) is 4.90 Å². The Hall–Kier alpha value is 0.270. The molecule has 102 valence electrons. The first-order valence-electron chi connectivity index (χ1n) is 7.17. The van der Waals surface area contributed by atoms with Gasteiger partial charge in [-0.05, 0) is 45.0 Å². The van der Waals surface area contributed by atoms with E-state index in [4.69, 9.17) is 0 Å². The molecule has 2 unspecified atom stereocenters. The van der Waals surface area contributed by atoms with Gasteiger partial charge in [-0.1, -0.05) is 20.8 Å². The molecule has 1 rings (SSSR count). The van der Waals surface area contributed by atoms with Crippen LogP contribution in [-0.2, 0) is 0 Å². The van der Waals surface area contributed by atoms with Crippen molar-refractivity contribution in [2.45, 2.75) is 63.8 Å². The molecule has 0 bridgehead atoms. The van der Waals surface area contributed by atoms with Crippen molar-refractivity contribution in [3.8, 4) is 0 Å². The van der Waals surface area contributed by atoms with Crippen LogP contribution in [0.2, 0.25) is 0 Å². The Balaban J connectivity index is 2.39. The first-order valence-corrected chi connectivity index (χ1v) is 8.46. The first-order chi connectivity index (χ1) is 8.17. The fourth-order valence-corrected chi connectivity index (χ4v) is 3.34. The van der Waals surface area contributed by atoms with Crippen LogP contribution in [0.15, 0.2) is 0 Å². The molecule has 0 aromatic rings. The molecule has 0 aromatic heterocycles. The van der Waals surface area contributed by atoms with E-state index in [9.17, 15) is 0 Å². The fourth-order valence-electron chi connectivity index (χ4n) is 2.59. The molecule has 1 saturated heterocycles. The number of rotatable bonds is 6. The Morgan fingerprint density at radius 3 is 2.65 bits per heavy atom. The van der Waals surface area contributed by atoms with Gasteiger partial charge in [0, 0.05) is 23.9 Å². The van der Waals surface area contributed by atoms with Gasteiger partial charge in [0.05, 0.1) is 0 Å². The van der Waals surface area contributed by atoms with Crippen LogP contribution in [0, 0.1) is 0 Å². The van der Waals surface area contributed by atoms with Crippen molar-refractivity contribution in [2.24, 2.45) is 0 Å². The number of thioether (sulfide) groups is 1. The maximum absolute atomic E-state index is 3.59. The molecular weight excluding hydrogens is 228 g/mol. The predicted molar refractivity (Wildman–Crippen MR) is 79.9 cm³/mol. The van der Waals surface area contributed by atoms with Crippen molar-refractivity contribution in [1.29, 1.82) is 0 Å². The highest BCUT2D eigenvalue weighted by atomic mass is 32.2. The Labute approximate surface area is 112 Å². The van der Waals surface area contributed by atoms with Crippen LogP contribution in [0.4, 0.5) is 0 Å². The molecule has 0 spiro atoms. The minimum absolute atomic E-state index is 0.606. The van der Waals surface area contributed by atoms with Crippen LogP contribution in [-0.4, -0.2) is 48.1 Å². The summed E-state index contributed by atoms with van der Waals surface area (Å²) in [6.07, 6.45) is 7.69. The van der Waals surface area contributed by atoms with Gasteiger partial charge in [0.2, 0.25) is 0 Å². The largest absolute Gasteiger partial charge is 0.313 e. The molecule has 1 N–H and O–H groups in total. The van der Waals surface area contributed by atoms with Crippen LogP contribution in [0.5, 0.6) is 0 Å². The van der Waals surface area contributed by atoms with Gasteiger partial charge in [0.25, 0.3) is 0 Å². The van der Waals surface area contributed by atoms with Crippen LogP contribution in [0.25, 0.3) is 0 Å². The maximum Gasteiger partial charge on any atom is 0.0218 e. The summed E-state index contributed by atoms with van der Waals surface area (Å²) in [7, 11) is 0. The summed E-state index contributed by atoms with van der Waals surface area (Å²) in [6.45, 7) is 10.5. The molecule has 1 fully saturated rings. The Kier molecular flexibility index (Phi) is 7.56. The smallest absolute Gasteiger partial charge is 0.0218 e. The molecule has 2 nitrogen and oxygen atoms in total. The minimum atomic E-state index is 0.606. The summed E-state index contributed by atoms with van der Waals surface area (Å²) in [6, 6.07) is 1.34. The highest BCUT2D eigenvalue weighted by Gasteiger charge is 2.21. The van der Waals surface area contributed by atoms with Crippen LogP contribution < -0.4 is 5.32 Å². The van der Waals surface area contributed by atoms with E-state index in [0.717, 1.165) is 17.8 Å². The number of nitrogens with one attached hydrogen (secondary N) is 1. The highest BCUT2D eigenvalue weighted by Crippen LogP contribution is 2.22. The SMILES string of the molecule is CCC(CNC(C)C)N1CCCC(SC)CC1. The predicted octanol–water partition coefficient (Wildman–Crippen LogP) is 2.98. The van der Waals surface area contributed by atoms with Gasteiger partial charge in [0.15, 0.2) is 0 Å². The summed E-state index contributed by atoms with van der Waals surface area (Å²) >= 11 is 2.06. The normalized spacial score (nSPS) is 24.9. The average molecular weight is 258 g/mol. The summed E-state index contributed by atoms with van der Waals surface area (Å²) in [5.41, 5.74) is 0. The molecule has 2 atom stereocenters. The molecule has 0 saturated carbocycles. The standard InChI is InChI=1S/C14H30N2S/c1-5-13(11-15-12(2)3)16-9-6-7-14(17-4)8-10-16/h12-15H,5-11H2,1-4H3. The van der Waals surface area contributed by atoms with E-state index in [-0.39, 0.29) is 0 Å². The maximum atomic E-state index is 3.59. The molecule has 1 aliphatic heterocycles. The van der Waals surface area contributed by atoms with E-state index in [1.807, 2.05) is 0 Å². The average Bonchev–Trinajstić information content (AvgIpc) is 2.55. The third-order valence-electron chi connectivity index (χ3n) is 3.79. The van der Waals surface area contributed by atoms with Gasteiger partial charge in [-0.2, -0.15) is 11.8 Å². The van der Waals surface area contributed by atoms with Gasteiger partial charge in [-0.25, -0.2) is 0 Å². The Bertz CT molecular complexity index is 197. The fraction of sp³-hybridized carbons (Fsp3) is 1.00. The molecule has 1 heterocycles. The monoisotopic (exact) mass is 258 g/mol. The van der Waals surface area contributed by atoms with Crippen molar-refractivity contribution in [3.05, 3.63) is 0 Å². The first kappa shape index (κ1) is 15.3. The van der Waals surface area contributed by atoms with Gasteiger partial charge in [-0.15, -0.1) is 0 Å². The van der Waals surface area contributed by atoms with Gasteiger partial charge in [0.1, 0.15) is 0 Å². The molecular formula is C14H30N2S. The highest BCUT2D eigenvalue weighted by molar-refractivity contribution is 7.99. The molecule has 3 heteroatoms. The minimum Gasteiger partial charge on any atom is -0.313 e. The quantitative estimate of drug-likeness (QED) is 0.788. The van der Waals surface area contributed by atoms with E-state index in [2.05, 4.69) is 49.0 Å². The van der Waals surface area contributed by atoms with Crippen molar-refractivity contribution < 1.29 is 0 Å². The lowest BCUT2D eigenvalue weighted by molar-refractivity contribution is 0.191. The summed E-state index contributed by atoms with van der Waals surface area (Å²) in [4.78, 5) is 2.71. The third kappa shape index (κ3) is 5.62. The van der Waals surface area contributed by atoms with Crippen molar-refractivity contribution in [2.75, 3.05) is 25.9 Å². The van der Waals surface area contributed by atoms with Crippen molar-refractivity contribution >= 4 is 11.8 Å². The Morgan fingerprint density at radius 2 is 2.06 bits per heavy atom. The second-order valence-corrected chi connectivity index (χ2v) is 6.59. The molecule has 0 aromatic carbocycles. The van der Waals surface area contributed by atoms with E-state index in [1.54, 1.807) is 0 Å². The second kappa shape index (κ2) is 8.39. The number of hydrogen-bond acceptors (Lipinski definition) is 3. The van der Waals surface area contributed by atoms with Crippen molar-refractivity contribution in [1.82, 2.24) is 10.2 Å². The molecule has 0 radical (unpaired) electrons. The van der Waals surface area contributed by atoms with Crippen molar-refractivity contribution in [3.63, 3.8) is 0 Å². The molecule has 0 amide bonds. The van der Waals surface area contributed by atoms with Gasteiger partial charge >= 0.3 is 0 Å². The number of likely N-dealkylation sites (tertiary alicyclic amines) is 1. The lowest BCUT2D eigenvalue weighted by atomic mass is 10.1. The number of nitrogens with zero attached hydrogens (tertiary/aromatic N) is 1. The molecule has 1 aliphatic rings. The van der Waals surface area contributed by atoms with E-state index in [1.165, 1.54) is 38.8 Å². The number of hydrogen-bond donors (Lipinski definition) is 1. The molecule has 17 heavy (non-hydrogen) atoms. The zero-order valence-corrected chi connectivity index (χ0v) is 12.9. The van der Waals surface area contributed by atoms with Crippen LogP contribution in [0.3, 0.4) is 0 Å². The third-order valence-corrected chi connectivity index (χ3v) is 4.93. The summed E-state index contributed by atoms with van der Waals surface area (Å²) < 4.78 is 0. The van der Waals surface area contributed by atoms with Gasteiger partial charge < -0.3 is 5.32 Å². The van der Waals surface area contributed by atoms with Crippen LogP contribution >= 0.6 is 11.8 Å². The van der Waals surface area contributed by atoms with E-state index < -0.39 is 0 Å². The summed E-state index contributed by atoms with van der Waals surface area (Å²) in [5, 5.41) is 4.49.